The number of carbonyl (C=O) groups excluding carboxylic acids is 1. The zero-order valence-electron chi connectivity index (χ0n) is 17.7. The minimum absolute atomic E-state index is 0.133. The number of thiocarbonyl (C=S) groups is 1. The Morgan fingerprint density at radius 2 is 2.00 bits per heavy atom. The quantitative estimate of drug-likeness (QED) is 0.393. The molecule has 33 heavy (non-hydrogen) atoms. The number of benzene rings is 1. The number of hydrogen-bond donors (Lipinski definition) is 2. The first-order chi connectivity index (χ1) is 15.9. The van der Waals surface area contributed by atoms with Crippen molar-refractivity contribution in [3.05, 3.63) is 80.9 Å². The maximum absolute atomic E-state index is 13.3. The first-order valence-electron chi connectivity index (χ1n) is 10.3. The molecule has 1 saturated heterocycles. The summed E-state index contributed by atoms with van der Waals surface area (Å²) in [5.41, 5.74) is 1.03. The summed E-state index contributed by atoms with van der Waals surface area (Å²) in [6.07, 6.45) is 3.71. The van der Waals surface area contributed by atoms with E-state index >= 15 is 0 Å². The molecular weight excluding hydrogens is 463 g/mol. The summed E-state index contributed by atoms with van der Waals surface area (Å²) in [7, 11) is 0. The smallest absolute Gasteiger partial charge is 0.267 e. The molecule has 3 aromatic rings. The minimum atomic E-state index is -0.360. The zero-order valence-corrected chi connectivity index (χ0v) is 19.3. The van der Waals surface area contributed by atoms with Crippen LogP contribution in [0.3, 0.4) is 0 Å². The van der Waals surface area contributed by atoms with E-state index in [0.29, 0.717) is 16.4 Å². The van der Waals surface area contributed by atoms with Gasteiger partial charge in [0.2, 0.25) is 0 Å². The van der Waals surface area contributed by atoms with E-state index in [2.05, 4.69) is 10.3 Å². The van der Waals surface area contributed by atoms with Crippen molar-refractivity contribution in [1.82, 2.24) is 14.3 Å². The van der Waals surface area contributed by atoms with E-state index in [4.69, 9.17) is 12.2 Å². The number of rotatable bonds is 7. The van der Waals surface area contributed by atoms with Crippen molar-refractivity contribution < 1.29 is 14.3 Å². The van der Waals surface area contributed by atoms with E-state index in [-0.39, 0.29) is 52.8 Å². The fourth-order valence-electron chi connectivity index (χ4n) is 3.35. The molecule has 1 aromatic carbocycles. The molecule has 7 nitrogen and oxygen atoms in total. The summed E-state index contributed by atoms with van der Waals surface area (Å²) in [6.45, 7) is 1.97. The van der Waals surface area contributed by atoms with Crippen molar-refractivity contribution in [3.63, 3.8) is 0 Å². The summed E-state index contributed by atoms with van der Waals surface area (Å²) in [6, 6.07) is 10.7. The number of halogens is 1. The molecule has 1 atom stereocenters. The van der Waals surface area contributed by atoms with Gasteiger partial charge in [-0.2, -0.15) is 0 Å². The van der Waals surface area contributed by atoms with Gasteiger partial charge in [0, 0.05) is 6.20 Å². The minimum Gasteiger partial charge on any atom is -0.394 e. The molecule has 2 N–H and O–H groups in total. The number of amides is 1. The molecule has 0 unspecified atom stereocenters. The second kappa shape index (κ2) is 9.82. The first kappa shape index (κ1) is 23.1. The number of nitrogens with zero attached hydrogens (tertiary/aromatic N) is 3. The van der Waals surface area contributed by atoms with Crippen LogP contribution in [0.2, 0.25) is 0 Å². The van der Waals surface area contributed by atoms with Crippen LogP contribution >= 0.6 is 24.0 Å². The van der Waals surface area contributed by atoms with Crippen LogP contribution in [0, 0.1) is 5.82 Å². The van der Waals surface area contributed by atoms with Gasteiger partial charge in [-0.1, -0.05) is 49.1 Å². The molecule has 1 aliphatic rings. The van der Waals surface area contributed by atoms with E-state index in [0.717, 1.165) is 17.3 Å². The molecule has 3 heterocycles. The Bertz CT molecular complexity index is 1300. The maximum atomic E-state index is 13.3. The highest BCUT2D eigenvalue weighted by Gasteiger charge is 2.32. The average Bonchev–Trinajstić information content (AvgIpc) is 3.08. The Morgan fingerprint density at radius 1 is 1.24 bits per heavy atom. The number of aromatic nitrogens is 2. The zero-order chi connectivity index (χ0) is 23.5. The van der Waals surface area contributed by atoms with Crippen LogP contribution in [0.5, 0.6) is 0 Å². The van der Waals surface area contributed by atoms with Gasteiger partial charge in [-0.3, -0.25) is 18.9 Å². The molecular formula is C23H21FN4O3S2. The van der Waals surface area contributed by atoms with Crippen LogP contribution in [-0.4, -0.2) is 42.3 Å². The average molecular weight is 485 g/mol. The molecule has 0 saturated carbocycles. The van der Waals surface area contributed by atoms with Crippen molar-refractivity contribution in [2.75, 3.05) is 11.9 Å². The number of nitrogens with one attached hydrogen (secondary N) is 1. The predicted octanol–water partition coefficient (Wildman–Crippen LogP) is 3.42. The molecule has 1 aliphatic heterocycles. The molecule has 2 aromatic heterocycles. The van der Waals surface area contributed by atoms with Gasteiger partial charge in [-0.05, 0) is 42.3 Å². The number of aliphatic hydroxyl groups is 1. The van der Waals surface area contributed by atoms with E-state index in [9.17, 15) is 19.1 Å². The first-order valence-corrected chi connectivity index (χ1v) is 11.5. The monoisotopic (exact) mass is 484 g/mol. The Morgan fingerprint density at radius 3 is 2.70 bits per heavy atom. The molecule has 0 aliphatic carbocycles. The Labute approximate surface area is 199 Å². The summed E-state index contributed by atoms with van der Waals surface area (Å²) in [4.78, 5) is 32.6. The van der Waals surface area contributed by atoms with Crippen molar-refractivity contribution >= 4 is 51.7 Å². The lowest BCUT2D eigenvalue weighted by Crippen LogP contribution is -2.28. The van der Waals surface area contributed by atoms with Gasteiger partial charge in [0.05, 0.1) is 29.7 Å². The second-order valence-corrected chi connectivity index (χ2v) is 9.11. The molecule has 1 fully saturated rings. The van der Waals surface area contributed by atoms with Gasteiger partial charge in [0.15, 0.2) is 0 Å². The number of aliphatic hydroxyl groups excluding tert-OH is 1. The van der Waals surface area contributed by atoms with Crippen molar-refractivity contribution in [1.29, 1.82) is 0 Å². The summed E-state index contributed by atoms with van der Waals surface area (Å²) >= 11 is 6.49. The largest absolute Gasteiger partial charge is 0.394 e. The predicted molar refractivity (Wildman–Crippen MR) is 131 cm³/mol. The van der Waals surface area contributed by atoms with Crippen molar-refractivity contribution in [2.24, 2.45) is 0 Å². The van der Waals surface area contributed by atoms with Gasteiger partial charge in [-0.15, -0.1) is 0 Å². The van der Waals surface area contributed by atoms with E-state index in [1.54, 1.807) is 36.5 Å². The molecule has 0 radical (unpaired) electrons. The number of hydrogen-bond acceptors (Lipinski definition) is 7. The third-order valence-electron chi connectivity index (χ3n) is 5.23. The van der Waals surface area contributed by atoms with Gasteiger partial charge >= 0.3 is 0 Å². The standard InChI is InChI=1S/C23H21FN4O3S2/c1-2-16(13-29)25-20-17(21(30)27-10-4-3-5-19(27)26-20)11-18-22(31)28(23(32)33-18)12-14-6-8-15(24)9-7-14/h3-11,16,25,29H,2,12-13H2,1H3/b18-11-/t16-/m0/s1. The van der Waals surface area contributed by atoms with Crippen LogP contribution in [-0.2, 0) is 11.3 Å². The summed E-state index contributed by atoms with van der Waals surface area (Å²) < 4.78 is 15.0. The van der Waals surface area contributed by atoms with Crippen LogP contribution in [0.15, 0.2) is 58.4 Å². The fraction of sp³-hybridized carbons (Fsp3) is 0.217. The third kappa shape index (κ3) is 4.82. The summed E-state index contributed by atoms with van der Waals surface area (Å²) in [5, 5.41) is 12.7. The Hall–Kier alpha value is -3.08. The van der Waals surface area contributed by atoms with Gasteiger partial charge < -0.3 is 10.4 Å². The van der Waals surface area contributed by atoms with Crippen LogP contribution in [0.25, 0.3) is 11.7 Å². The number of fused-ring (bicyclic) bond motifs is 1. The number of anilines is 1. The highest BCUT2D eigenvalue weighted by molar-refractivity contribution is 8.26. The second-order valence-electron chi connectivity index (χ2n) is 7.43. The van der Waals surface area contributed by atoms with Crippen LogP contribution in [0.4, 0.5) is 10.2 Å². The van der Waals surface area contributed by atoms with E-state index < -0.39 is 0 Å². The lowest BCUT2D eigenvalue weighted by Gasteiger charge is -2.17. The van der Waals surface area contributed by atoms with E-state index in [1.807, 2.05) is 6.92 Å². The van der Waals surface area contributed by atoms with Crippen molar-refractivity contribution in [2.45, 2.75) is 25.9 Å². The van der Waals surface area contributed by atoms with Gasteiger partial charge in [-0.25, -0.2) is 9.37 Å². The van der Waals surface area contributed by atoms with Crippen molar-refractivity contribution in [3.8, 4) is 0 Å². The lowest BCUT2D eigenvalue weighted by molar-refractivity contribution is -0.122. The number of pyridine rings is 1. The van der Waals surface area contributed by atoms with Gasteiger partial charge in [0.25, 0.3) is 11.5 Å². The normalized spacial score (nSPS) is 16.1. The van der Waals surface area contributed by atoms with Crippen LogP contribution in [0.1, 0.15) is 24.5 Å². The highest BCUT2D eigenvalue weighted by Crippen LogP contribution is 2.34. The summed E-state index contributed by atoms with van der Waals surface area (Å²) in [5.74, 6) is -0.412. The molecule has 170 valence electrons. The van der Waals surface area contributed by atoms with Crippen LogP contribution < -0.4 is 10.9 Å². The Balaban J connectivity index is 1.73. The molecule has 10 heteroatoms. The Kier molecular flexibility index (Phi) is 6.87. The SMILES string of the molecule is CC[C@@H](CO)Nc1nc2ccccn2c(=O)c1/C=C1\SC(=S)N(Cc2ccc(F)cc2)C1=O. The molecule has 1 amide bonds. The highest BCUT2D eigenvalue weighted by atomic mass is 32.2. The number of carbonyl (C=O) groups is 1. The lowest BCUT2D eigenvalue weighted by atomic mass is 10.2. The van der Waals surface area contributed by atoms with Gasteiger partial charge in [0.1, 0.15) is 21.6 Å². The molecule has 0 spiro atoms. The molecule has 0 bridgehead atoms. The maximum Gasteiger partial charge on any atom is 0.267 e. The third-order valence-corrected chi connectivity index (χ3v) is 6.60. The number of thioether (sulfide) groups is 1. The molecule has 4 rings (SSSR count). The van der Waals surface area contributed by atoms with E-state index in [1.165, 1.54) is 27.5 Å². The fourth-order valence-corrected chi connectivity index (χ4v) is 4.59. The topological polar surface area (TPSA) is 86.9 Å².